The Morgan fingerprint density at radius 1 is 1.00 bits per heavy atom. The molecule has 6 nitrogen and oxygen atoms in total. The summed E-state index contributed by atoms with van der Waals surface area (Å²) in [6, 6.07) is 0. The van der Waals surface area contributed by atoms with E-state index in [9.17, 15) is 30.8 Å². The van der Waals surface area contributed by atoms with E-state index in [0.717, 1.165) is 0 Å². The van der Waals surface area contributed by atoms with E-state index in [4.69, 9.17) is 9.66 Å². The summed E-state index contributed by atoms with van der Waals surface area (Å²) >= 11 is 0. The van der Waals surface area contributed by atoms with Gasteiger partial charge in [0, 0.05) is 0 Å². The van der Waals surface area contributed by atoms with E-state index in [1.807, 2.05) is 0 Å². The second kappa shape index (κ2) is 4.42. The fourth-order valence-corrected chi connectivity index (χ4v) is 1.33. The molecule has 0 bridgehead atoms. The molecule has 100 valence electrons. The zero-order valence-electron chi connectivity index (χ0n) is 7.95. The first-order valence-corrected chi connectivity index (χ1v) is 5.19. The summed E-state index contributed by atoms with van der Waals surface area (Å²) in [5.74, 6) is -14.0. The number of carboxylic acids is 1. The summed E-state index contributed by atoms with van der Waals surface area (Å²) in [5.41, 5.74) is -1.97. The van der Waals surface area contributed by atoms with Gasteiger partial charge in [-0.25, -0.2) is 13.6 Å². The highest BCUT2D eigenvalue weighted by atomic mass is 32.3. The molecule has 0 saturated heterocycles. The maximum absolute atomic E-state index is 13.0. The van der Waals surface area contributed by atoms with Gasteiger partial charge in [0.05, 0.1) is 0 Å². The molecule has 0 unspecified atom stereocenters. The molecule has 11 heteroatoms. The molecule has 2 N–H and O–H groups in total. The van der Waals surface area contributed by atoms with Gasteiger partial charge in [0.15, 0.2) is 11.6 Å². The molecule has 0 atom stereocenters. The van der Waals surface area contributed by atoms with Gasteiger partial charge in [-0.05, 0) is 0 Å². The first kappa shape index (κ1) is 14.2. The monoisotopic (exact) mass is 290 g/mol. The van der Waals surface area contributed by atoms with E-state index in [2.05, 4.69) is 4.18 Å². The van der Waals surface area contributed by atoms with Crippen molar-refractivity contribution in [1.29, 1.82) is 0 Å². The Kier molecular flexibility index (Phi) is 3.48. The molecule has 0 aliphatic rings. The molecule has 1 aromatic carbocycles. The largest absolute Gasteiger partial charge is 0.477 e. The molecule has 18 heavy (non-hydrogen) atoms. The molecule has 0 radical (unpaired) electrons. The fourth-order valence-electron chi connectivity index (χ4n) is 0.978. The van der Waals surface area contributed by atoms with Gasteiger partial charge in [-0.3, -0.25) is 4.55 Å². The maximum atomic E-state index is 13.0. The Morgan fingerprint density at radius 3 is 1.67 bits per heavy atom. The Hall–Kier alpha value is -1.88. The molecule has 0 spiro atoms. The van der Waals surface area contributed by atoms with Gasteiger partial charge in [0.1, 0.15) is 5.56 Å². The van der Waals surface area contributed by atoms with E-state index >= 15 is 0 Å². The van der Waals surface area contributed by atoms with Crippen molar-refractivity contribution in [3.05, 3.63) is 28.8 Å². The topological polar surface area (TPSA) is 101 Å². The Bertz CT molecular complexity index is 596. The van der Waals surface area contributed by atoms with Crippen LogP contribution in [0.15, 0.2) is 0 Å². The number of carbonyl (C=O) groups is 1. The zero-order chi connectivity index (χ0) is 14.2. The molecule has 0 aliphatic heterocycles. The predicted octanol–water partition coefficient (Wildman–Crippen LogP) is 1.12. The minimum atomic E-state index is -5.45. The number of aromatic carboxylic acids is 1. The lowest BCUT2D eigenvalue weighted by Crippen LogP contribution is -2.15. The molecular formula is C7H2F4O6S. The zero-order valence-corrected chi connectivity index (χ0v) is 8.76. The van der Waals surface area contributed by atoms with Gasteiger partial charge < -0.3 is 9.29 Å². The van der Waals surface area contributed by atoms with Crippen molar-refractivity contribution in [2.45, 2.75) is 0 Å². The summed E-state index contributed by atoms with van der Waals surface area (Å²) in [6.45, 7) is 0. The quantitative estimate of drug-likeness (QED) is 0.491. The average Bonchev–Trinajstić information content (AvgIpc) is 2.20. The van der Waals surface area contributed by atoms with E-state index < -0.39 is 51.0 Å². The maximum Gasteiger partial charge on any atom is 0.446 e. The molecule has 0 saturated carbocycles. The Balaban J connectivity index is 3.64. The smallest absolute Gasteiger partial charge is 0.446 e. The normalized spacial score (nSPS) is 11.4. The first-order valence-electron chi connectivity index (χ1n) is 3.82. The fraction of sp³-hybridized carbons (Fsp3) is 0. The molecule has 0 amide bonds. The van der Waals surface area contributed by atoms with Crippen LogP contribution in [0.2, 0.25) is 0 Å². The second-order valence-electron chi connectivity index (χ2n) is 2.78. The van der Waals surface area contributed by atoms with Gasteiger partial charge >= 0.3 is 16.4 Å². The van der Waals surface area contributed by atoms with E-state index in [0.29, 0.717) is 0 Å². The summed E-state index contributed by atoms with van der Waals surface area (Å²) in [6.07, 6.45) is 0. The van der Waals surface area contributed by atoms with Crippen molar-refractivity contribution in [2.75, 3.05) is 0 Å². The lowest BCUT2D eigenvalue weighted by Gasteiger charge is -2.08. The molecule has 0 heterocycles. The van der Waals surface area contributed by atoms with Crippen LogP contribution in [0, 0.1) is 23.3 Å². The van der Waals surface area contributed by atoms with Crippen LogP contribution in [0.25, 0.3) is 0 Å². The minimum Gasteiger partial charge on any atom is -0.477 e. The highest BCUT2D eigenvalue weighted by molar-refractivity contribution is 7.81. The lowest BCUT2D eigenvalue weighted by atomic mass is 10.1. The summed E-state index contributed by atoms with van der Waals surface area (Å²) in [4.78, 5) is 10.3. The molecule has 1 aromatic rings. The van der Waals surface area contributed by atoms with Gasteiger partial charge in [-0.15, -0.1) is 0 Å². The number of benzene rings is 1. The number of rotatable bonds is 3. The van der Waals surface area contributed by atoms with Crippen LogP contribution >= 0.6 is 0 Å². The summed E-state index contributed by atoms with van der Waals surface area (Å²) < 4.78 is 83.9. The van der Waals surface area contributed by atoms with E-state index in [1.165, 1.54) is 0 Å². The molecule has 1 rings (SSSR count). The highest BCUT2D eigenvalue weighted by Crippen LogP contribution is 2.30. The third kappa shape index (κ3) is 2.51. The Labute approximate surface area is 96.4 Å². The van der Waals surface area contributed by atoms with Crippen LogP contribution in [0.1, 0.15) is 10.4 Å². The van der Waals surface area contributed by atoms with Crippen molar-refractivity contribution in [3.63, 3.8) is 0 Å². The van der Waals surface area contributed by atoms with Crippen LogP contribution in [-0.2, 0) is 10.4 Å². The van der Waals surface area contributed by atoms with Crippen molar-refractivity contribution in [2.24, 2.45) is 0 Å². The van der Waals surface area contributed by atoms with Gasteiger partial charge in [0.2, 0.25) is 17.4 Å². The number of halogens is 4. The van der Waals surface area contributed by atoms with Gasteiger partial charge in [-0.1, -0.05) is 0 Å². The standard InChI is InChI=1S/C7H2F4O6S/c8-2-1(7(12)13)3(9)5(11)6(4(2)10)17-18(14,15)16/h(H,12,13)(H,14,15,16). The predicted molar refractivity (Wildman–Crippen MR) is 45.4 cm³/mol. The van der Waals surface area contributed by atoms with Gasteiger partial charge in [-0.2, -0.15) is 17.2 Å². The van der Waals surface area contributed by atoms with E-state index in [-0.39, 0.29) is 0 Å². The lowest BCUT2D eigenvalue weighted by molar-refractivity contribution is 0.0683. The third-order valence-electron chi connectivity index (χ3n) is 1.63. The summed E-state index contributed by atoms with van der Waals surface area (Å²) in [7, 11) is -5.45. The third-order valence-corrected chi connectivity index (χ3v) is 2.00. The van der Waals surface area contributed by atoms with E-state index in [1.54, 1.807) is 0 Å². The molecule has 0 aromatic heterocycles. The van der Waals surface area contributed by atoms with Crippen molar-refractivity contribution >= 4 is 16.4 Å². The van der Waals surface area contributed by atoms with Crippen molar-refractivity contribution in [1.82, 2.24) is 0 Å². The molecular weight excluding hydrogens is 288 g/mol. The first-order chi connectivity index (χ1) is 8.06. The second-order valence-corrected chi connectivity index (χ2v) is 3.80. The SMILES string of the molecule is O=C(O)c1c(F)c(F)c(OS(=O)(=O)O)c(F)c1F. The van der Waals surface area contributed by atoms with Crippen LogP contribution in [0.3, 0.4) is 0 Å². The molecule has 0 aliphatic carbocycles. The molecule has 0 fully saturated rings. The minimum absolute atomic E-state index is 1.97. The van der Waals surface area contributed by atoms with Crippen LogP contribution < -0.4 is 4.18 Å². The van der Waals surface area contributed by atoms with Crippen LogP contribution in [0.4, 0.5) is 17.6 Å². The van der Waals surface area contributed by atoms with Crippen molar-refractivity contribution in [3.8, 4) is 5.75 Å². The van der Waals surface area contributed by atoms with Crippen LogP contribution in [0.5, 0.6) is 5.75 Å². The number of hydrogen-bond donors (Lipinski definition) is 2. The Morgan fingerprint density at radius 2 is 1.39 bits per heavy atom. The van der Waals surface area contributed by atoms with Crippen molar-refractivity contribution < 1.29 is 44.6 Å². The van der Waals surface area contributed by atoms with Gasteiger partial charge in [0.25, 0.3) is 0 Å². The highest BCUT2D eigenvalue weighted by Gasteiger charge is 2.32. The summed E-state index contributed by atoms with van der Waals surface area (Å²) in [5, 5.41) is 8.30. The van der Waals surface area contributed by atoms with Crippen LogP contribution in [-0.4, -0.2) is 24.0 Å². The number of hydrogen-bond acceptors (Lipinski definition) is 4. The average molecular weight is 290 g/mol. The number of carboxylic acid groups (broad SMARTS) is 1.